The molecule has 0 aliphatic rings. The molecule has 0 saturated carbocycles. The Bertz CT molecular complexity index is 425. The summed E-state index contributed by atoms with van der Waals surface area (Å²) in [4.78, 5) is 21.8. The standard InChI is InChI=1S/C9H7NO3/c1-2-6-10-7(9(12)13)4-3-5-8(10)11/h1,3-5H,6H2,(H,12,13). The number of hydrogen-bond donors (Lipinski definition) is 1. The van der Waals surface area contributed by atoms with E-state index in [9.17, 15) is 9.59 Å². The van der Waals surface area contributed by atoms with Crippen molar-refractivity contribution in [3.63, 3.8) is 0 Å². The molecule has 0 aliphatic heterocycles. The average molecular weight is 177 g/mol. The fourth-order valence-corrected chi connectivity index (χ4v) is 0.961. The number of nitrogens with zero attached hydrogens (tertiary/aromatic N) is 1. The number of aromatic carboxylic acids is 1. The molecule has 0 radical (unpaired) electrons. The van der Waals surface area contributed by atoms with Crippen molar-refractivity contribution in [1.29, 1.82) is 0 Å². The zero-order chi connectivity index (χ0) is 9.84. The van der Waals surface area contributed by atoms with E-state index in [0.29, 0.717) is 0 Å². The molecule has 1 aromatic heterocycles. The van der Waals surface area contributed by atoms with Crippen LogP contribution < -0.4 is 5.56 Å². The molecular formula is C9H7NO3. The van der Waals surface area contributed by atoms with Gasteiger partial charge in [-0.25, -0.2) is 4.79 Å². The average Bonchev–Trinajstić information content (AvgIpc) is 2.08. The first-order valence-electron chi connectivity index (χ1n) is 3.53. The molecule has 13 heavy (non-hydrogen) atoms. The minimum absolute atomic E-state index is 0.0265. The van der Waals surface area contributed by atoms with Crippen LogP contribution in [0.4, 0.5) is 0 Å². The van der Waals surface area contributed by atoms with Crippen molar-refractivity contribution in [3.05, 3.63) is 34.2 Å². The molecule has 0 amide bonds. The highest BCUT2D eigenvalue weighted by Crippen LogP contribution is 1.95. The Morgan fingerprint density at radius 3 is 2.85 bits per heavy atom. The molecule has 4 nitrogen and oxygen atoms in total. The molecule has 66 valence electrons. The van der Waals surface area contributed by atoms with E-state index in [1.165, 1.54) is 18.2 Å². The smallest absolute Gasteiger partial charge is 0.352 e. The van der Waals surface area contributed by atoms with Gasteiger partial charge in [-0.1, -0.05) is 12.0 Å². The third-order valence-corrected chi connectivity index (χ3v) is 1.52. The van der Waals surface area contributed by atoms with Crippen LogP contribution in [-0.2, 0) is 6.54 Å². The highest BCUT2D eigenvalue weighted by molar-refractivity contribution is 5.85. The minimum atomic E-state index is -1.16. The topological polar surface area (TPSA) is 59.3 Å². The molecule has 1 aromatic rings. The molecule has 0 bridgehead atoms. The maximum absolute atomic E-state index is 11.1. The Morgan fingerprint density at radius 2 is 2.31 bits per heavy atom. The van der Waals surface area contributed by atoms with Crippen LogP contribution in [0, 0.1) is 12.3 Å². The number of carboxylic acids is 1. The maximum atomic E-state index is 11.1. The Balaban J connectivity index is 3.36. The first kappa shape index (κ1) is 9.07. The number of terminal acetylenes is 1. The van der Waals surface area contributed by atoms with Gasteiger partial charge in [0, 0.05) is 6.07 Å². The Hall–Kier alpha value is -2.02. The summed E-state index contributed by atoms with van der Waals surface area (Å²) in [6, 6.07) is 3.99. The van der Waals surface area contributed by atoms with Crippen LogP contribution in [0.15, 0.2) is 23.0 Å². The van der Waals surface area contributed by atoms with Crippen molar-refractivity contribution in [1.82, 2.24) is 4.57 Å². The second-order valence-corrected chi connectivity index (χ2v) is 2.34. The molecule has 1 heterocycles. The number of aromatic nitrogens is 1. The zero-order valence-corrected chi connectivity index (χ0v) is 6.73. The van der Waals surface area contributed by atoms with Gasteiger partial charge in [0.1, 0.15) is 5.69 Å². The van der Waals surface area contributed by atoms with Crippen LogP contribution in [0.1, 0.15) is 10.5 Å². The summed E-state index contributed by atoms with van der Waals surface area (Å²) in [5, 5.41) is 8.69. The van der Waals surface area contributed by atoms with Crippen molar-refractivity contribution in [3.8, 4) is 12.3 Å². The molecule has 0 fully saturated rings. The summed E-state index contributed by atoms with van der Waals surface area (Å²) >= 11 is 0. The number of carboxylic acid groups (broad SMARTS) is 1. The van der Waals surface area contributed by atoms with Crippen molar-refractivity contribution in [2.24, 2.45) is 0 Å². The second-order valence-electron chi connectivity index (χ2n) is 2.34. The zero-order valence-electron chi connectivity index (χ0n) is 6.73. The fourth-order valence-electron chi connectivity index (χ4n) is 0.961. The van der Waals surface area contributed by atoms with Gasteiger partial charge in [-0.15, -0.1) is 6.42 Å². The Labute approximate surface area is 74.4 Å². The SMILES string of the molecule is C#CCn1c(C(=O)O)cccc1=O. The molecule has 0 unspecified atom stereocenters. The molecule has 0 spiro atoms. The predicted octanol–water partition coefficient (Wildman–Crippen LogP) is 0.180. The lowest BCUT2D eigenvalue weighted by molar-refractivity contribution is 0.0684. The molecule has 0 aliphatic carbocycles. The van der Waals surface area contributed by atoms with Crippen LogP contribution in [0.5, 0.6) is 0 Å². The Morgan fingerprint density at radius 1 is 1.62 bits per heavy atom. The van der Waals surface area contributed by atoms with Crippen molar-refractivity contribution in [2.75, 3.05) is 0 Å². The van der Waals surface area contributed by atoms with Crippen molar-refractivity contribution >= 4 is 5.97 Å². The summed E-state index contributed by atoms with van der Waals surface area (Å²) in [5.74, 6) is 1.06. The number of pyridine rings is 1. The minimum Gasteiger partial charge on any atom is -0.477 e. The van der Waals surface area contributed by atoms with Gasteiger partial charge >= 0.3 is 5.97 Å². The summed E-state index contributed by atoms with van der Waals surface area (Å²) in [7, 11) is 0. The second kappa shape index (κ2) is 3.59. The van der Waals surface area contributed by atoms with Gasteiger partial charge in [0.15, 0.2) is 0 Å². The quantitative estimate of drug-likeness (QED) is 0.655. The lowest BCUT2D eigenvalue weighted by atomic mass is 10.3. The molecule has 4 heteroatoms. The van der Waals surface area contributed by atoms with E-state index < -0.39 is 11.5 Å². The van der Waals surface area contributed by atoms with Gasteiger partial charge < -0.3 is 5.11 Å². The van der Waals surface area contributed by atoms with Crippen LogP contribution in [0.2, 0.25) is 0 Å². The third kappa shape index (κ3) is 1.76. The van der Waals surface area contributed by atoms with Gasteiger partial charge in [0.05, 0.1) is 6.54 Å². The van der Waals surface area contributed by atoms with E-state index in [0.717, 1.165) is 4.57 Å². The first-order chi connectivity index (χ1) is 6.16. The normalized spacial score (nSPS) is 9.15. The van der Waals surface area contributed by atoms with Crippen LogP contribution in [-0.4, -0.2) is 15.6 Å². The molecule has 0 saturated heterocycles. The highest BCUT2D eigenvalue weighted by Gasteiger charge is 2.08. The van der Waals surface area contributed by atoms with Gasteiger partial charge in [0.25, 0.3) is 5.56 Å². The van der Waals surface area contributed by atoms with Gasteiger partial charge in [0.2, 0.25) is 0 Å². The molecule has 1 rings (SSSR count). The van der Waals surface area contributed by atoms with Gasteiger partial charge in [-0.2, -0.15) is 0 Å². The number of rotatable bonds is 2. The first-order valence-corrected chi connectivity index (χ1v) is 3.53. The molecule has 1 N–H and O–H groups in total. The van der Waals surface area contributed by atoms with E-state index in [1.54, 1.807) is 0 Å². The summed E-state index contributed by atoms with van der Waals surface area (Å²) in [6.07, 6.45) is 5.00. The van der Waals surface area contributed by atoms with Crippen LogP contribution in [0.25, 0.3) is 0 Å². The largest absolute Gasteiger partial charge is 0.477 e. The van der Waals surface area contributed by atoms with Gasteiger partial charge in [-0.05, 0) is 6.07 Å². The summed E-state index contributed by atoms with van der Waals surface area (Å²) in [5.41, 5.74) is -0.497. The molecule has 0 atom stereocenters. The number of hydrogen-bond acceptors (Lipinski definition) is 2. The van der Waals surface area contributed by atoms with E-state index in [2.05, 4.69) is 5.92 Å². The summed E-state index contributed by atoms with van der Waals surface area (Å²) in [6.45, 7) is -0.0265. The Kier molecular flexibility index (Phi) is 2.50. The van der Waals surface area contributed by atoms with E-state index in [1.807, 2.05) is 0 Å². The van der Waals surface area contributed by atoms with E-state index in [4.69, 9.17) is 11.5 Å². The fraction of sp³-hybridized carbons (Fsp3) is 0.111. The van der Waals surface area contributed by atoms with Crippen LogP contribution >= 0.6 is 0 Å². The maximum Gasteiger partial charge on any atom is 0.352 e. The lowest BCUT2D eigenvalue weighted by Crippen LogP contribution is -2.24. The predicted molar refractivity (Wildman–Crippen MR) is 46.5 cm³/mol. The van der Waals surface area contributed by atoms with Crippen molar-refractivity contribution in [2.45, 2.75) is 6.54 Å². The van der Waals surface area contributed by atoms with Crippen molar-refractivity contribution < 1.29 is 9.90 Å². The molecule has 0 aromatic carbocycles. The molecular weight excluding hydrogens is 170 g/mol. The third-order valence-electron chi connectivity index (χ3n) is 1.52. The van der Waals surface area contributed by atoms with Gasteiger partial charge in [-0.3, -0.25) is 9.36 Å². The monoisotopic (exact) mass is 177 g/mol. The lowest BCUT2D eigenvalue weighted by Gasteiger charge is -2.04. The summed E-state index contributed by atoms with van der Waals surface area (Å²) < 4.78 is 1.03. The number of carbonyl (C=O) groups is 1. The van der Waals surface area contributed by atoms with E-state index >= 15 is 0 Å². The van der Waals surface area contributed by atoms with Crippen LogP contribution in [0.3, 0.4) is 0 Å². The van der Waals surface area contributed by atoms with E-state index in [-0.39, 0.29) is 12.2 Å². The highest BCUT2D eigenvalue weighted by atomic mass is 16.4.